The molecule has 5 nitrogen and oxygen atoms in total. The van der Waals surface area contributed by atoms with E-state index < -0.39 is 5.92 Å². The van der Waals surface area contributed by atoms with E-state index >= 15 is 0 Å². The molecule has 1 heterocycles. The van der Waals surface area contributed by atoms with Crippen LogP contribution in [0.15, 0.2) is 69.6 Å². The minimum Gasteiger partial charge on any atom is -0.489 e. The highest BCUT2D eigenvalue weighted by Gasteiger charge is 2.39. The highest BCUT2D eigenvalue weighted by atomic mass is 79.9. The number of hydrogen-bond acceptors (Lipinski definition) is 5. The number of carbonyl (C=O) groups excluding carboxylic acids is 1. The molecule has 2 aromatic rings. The average Bonchev–Trinajstić information content (AvgIpc) is 2.76. The van der Waals surface area contributed by atoms with Crippen molar-refractivity contribution in [2.75, 3.05) is 7.05 Å². The first-order valence-electron chi connectivity index (χ1n) is 9.97. The molecule has 0 radical (unpaired) electrons. The zero-order valence-electron chi connectivity index (χ0n) is 17.0. The van der Waals surface area contributed by atoms with Gasteiger partial charge in [0, 0.05) is 34.8 Å². The number of ether oxygens (including phenoxy) is 1. The molecule has 0 aromatic heterocycles. The summed E-state index contributed by atoms with van der Waals surface area (Å²) < 4.78 is 20.1. The van der Waals surface area contributed by atoms with Crippen LogP contribution in [0.4, 0.5) is 4.39 Å². The van der Waals surface area contributed by atoms with E-state index in [-0.39, 0.29) is 18.2 Å². The third-order valence-electron chi connectivity index (χ3n) is 5.76. The van der Waals surface area contributed by atoms with E-state index in [0.717, 1.165) is 28.6 Å². The fraction of sp³-hybridized carbons (Fsp3) is 0.250. The van der Waals surface area contributed by atoms with Crippen LogP contribution in [0, 0.1) is 17.1 Å². The molecule has 0 saturated carbocycles. The van der Waals surface area contributed by atoms with Crippen molar-refractivity contribution in [2.45, 2.75) is 31.8 Å². The van der Waals surface area contributed by atoms with Gasteiger partial charge in [0.2, 0.25) is 0 Å². The van der Waals surface area contributed by atoms with Crippen LogP contribution >= 0.6 is 15.9 Å². The van der Waals surface area contributed by atoms with Gasteiger partial charge in [0.25, 0.3) is 0 Å². The molecule has 2 N–H and O–H groups in total. The Morgan fingerprint density at radius 1 is 1.26 bits per heavy atom. The molecule has 0 saturated heterocycles. The minimum atomic E-state index is -0.593. The molecule has 158 valence electrons. The maximum Gasteiger partial charge on any atom is 0.161 e. The van der Waals surface area contributed by atoms with Crippen LogP contribution in [-0.2, 0) is 11.4 Å². The van der Waals surface area contributed by atoms with E-state index in [1.54, 1.807) is 30.1 Å². The Bertz CT molecular complexity index is 1150. The molecule has 0 bridgehead atoms. The van der Waals surface area contributed by atoms with Gasteiger partial charge in [0.05, 0.1) is 17.6 Å². The Kier molecular flexibility index (Phi) is 5.84. The molecule has 1 aliphatic heterocycles. The number of rotatable bonds is 4. The van der Waals surface area contributed by atoms with Gasteiger partial charge in [0.1, 0.15) is 24.0 Å². The summed E-state index contributed by atoms with van der Waals surface area (Å²) in [6.07, 6.45) is 1.94. The van der Waals surface area contributed by atoms with Crippen LogP contribution in [0.5, 0.6) is 5.75 Å². The molecule has 2 aliphatic rings. The summed E-state index contributed by atoms with van der Waals surface area (Å²) in [5, 5.41) is 9.95. The van der Waals surface area contributed by atoms with E-state index in [0.29, 0.717) is 34.7 Å². The third kappa shape index (κ3) is 3.96. The summed E-state index contributed by atoms with van der Waals surface area (Å²) in [7, 11) is 1.80. The second-order valence-corrected chi connectivity index (χ2v) is 8.55. The fourth-order valence-corrected chi connectivity index (χ4v) is 4.57. The molecule has 7 heteroatoms. The Morgan fingerprint density at radius 2 is 2.00 bits per heavy atom. The van der Waals surface area contributed by atoms with Gasteiger partial charge in [0.15, 0.2) is 5.78 Å². The standard InChI is InChI=1S/C24H21BrFN3O2/c1-29-19-3-2-4-20(30)23(19)22(18(12-27)24(29)28)17-11-15(25)7-10-21(17)31-13-14-5-8-16(26)9-6-14/h5-11,22H,2-4,13,28H2,1H3/t22-/m0/s1. The Morgan fingerprint density at radius 3 is 2.71 bits per heavy atom. The van der Waals surface area contributed by atoms with Crippen molar-refractivity contribution in [1.29, 1.82) is 5.26 Å². The maximum absolute atomic E-state index is 13.2. The highest BCUT2D eigenvalue weighted by molar-refractivity contribution is 9.10. The number of carbonyl (C=O) groups is 1. The van der Waals surface area contributed by atoms with Crippen LogP contribution < -0.4 is 10.5 Å². The topological polar surface area (TPSA) is 79.3 Å². The molecule has 0 fully saturated rings. The van der Waals surface area contributed by atoms with Crippen LogP contribution in [-0.4, -0.2) is 17.7 Å². The quantitative estimate of drug-likeness (QED) is 0.671. The zero-order valence-corrected chi connectivity index (χ0v) is 18.6. The summed E-state index contributed by atoms with van der Waals surface area (Å²) in [6.45, 7) is 0.225. The monoisotopic (exact) mass is 481 g/mol. The van der Waals surface area contributed by atoms with Gasteiger partial charge in [-0.05, 0) is 48.7 Å². The van der Waals surface area contributed by atoms with Crippen LogP contribution in [0.2, 0.25) is 0 Å². The van der Waals surface area contributed by atoms with Gasteiger partial charge < -0.3 is 15.4 Å². The van der Waals surface area contributed by atoms with E-state index in [4.69, 9.17) is 10.5 Å². The fourth-order valence-electron chi connectivity index (χ4n) is 4.19. The molecule has 0 spiro atoms. The van der Waals surface area contributed by atoms with Crippen molar-refractivity contribution < 1.29 is 13.9 Å². The summed E-state index contributed by atoms with van der Waals surface area (Å²) in [4.78, 5) is 14.8. The summed E-state index contributed by atoms with van der Waals surface area (Å²) in [5.74, 6) is 0.0275. The van der Waals surface area contributed by atoms with Gasteiger partial charge >= 0.3 is 0 Å². The molecule has 2 aromatic carbocycles. The predicted octanol–water partition coefficient (Wildman–Crippen LogP) is 4.90. The minimum absolute atomic E-state index is 0.0304. The number of Topliss-reactive ketones (excluding diaryl/α,β-unsaturated/α-hetero) is 1. The largest absolute Gasteiger partial charge is 0.489 e. The molecular weight excluding hydrogens is 461 g/mol. The van der Waals surface area contributed by atoms with Crippen molar-refractivity contribution >= 4 is 21.7 Å². The predicted molar refractivity (Wildman–Crippen MR) is 118 cm³/mol. The normalized spacial score (nSPS) is 18.7. The lowest BCUT2D eigenvalue weighted by Gasteiger charge is -2.38. The number of allylic oxidation sites excluding steroid dienone is 3. The van der Waals surface area contributed by atoms with Crippen molar-refractivity contribution in [1.82, 2.24) is 4.90 Å². The first-order chi connectivity index (χ1) is 14.9. The number of benzene rings is 2. The smallest absolute Gasteiger partial charge is 0.161 e. The number of ketones is 1. The molecule has 4 rings (SSSR count). The van der Waals surface area contributed by atoms with Crippen LogP contribution in [0.1, 0.15) is 36.3 Å². The Hall–Kier alpha value is -3.11. The van der Waals surface area contributed by atoms with Crippen molar-refractivity contribution in [3.05, 3.63) is 86.5 Å². The van der Waals surface area contributed by atoms with Crippen LogP contribution in [0.25, 0.3) is 0 Å². The number of halogens is 2. The zero-order chi connectivity index (χ0) is 22.1. The molecule has 1 aliphatic carbocycles. The lowest BCUT2D eigenvalue weighted by molar-refractivity contribution is -0.116. The number of hydrogen-bond donors (Lipinski definition) is 1. The van der Waals surface area contributed by atoms with Crippen molar-refractivity contribution in [2.24, 2.45) is 5.73 Å². The van der Waals surface area contributed by atoms with Crippen molar-refractivity contribution in [3.8, 4) is 11.8 Å². The Balaban J connectivity index is 1.80. The van der Waals surface area contributed by atoms with Gasteiger partial charge in [-0.25, -0.2) is 4.39 Å². The van der Waals surface area contributed by atoms with E-state index in [9.17, 15) is 14.4 Å². The summed E-state index contributed by atoms with van der Waals surface area (Å²) >= 11 is 3.50. The first-order valence-corrected chi connectivity index (χ1v) is 10.8. The van der Waals surface area contributed by atoms with Crippen molar-refractivity contribution in [3.63, 3.8) is 0 Å². The lowest BCUT2D eigenvalue weighted by Crippen LogP contribution is -2.36. The molecular formula is C24H21BrFN3O2. The van der Waals surface area contributed by atoms with E-state index in [1.165, 1.54) is 12.1 Å². The van der Waals surface area contributed by atoms with E-state index in [1.807, 2.05) is 12.1 Å². The summed E-state index contributed by atoms with van der Waals surface area (Å²) in [5.41, 5.74) is 9.65. The average molecular weight is 482 g/mol. The SMILES string of the molecule is CN1C(N)=C(C#N)[C@H](c2cc(Br)ccc2OCc2ccc(F)cc2)C2=C1CCCC2=O. The first kappa shape index (κ1) is 21.1. The number of nitrogens with zero attached hydrogens (tertiary/aromatic N) is 2. The van der Waals surface area contributed by atoms with Gasteiger partial charge in [-0.2, -0.15) is 5.26 Å². The second kappa shape index (κ2) is 8.56. The van der Waals surface area contributed by atoms with Crippen LogP contribution in [0.3, 0.4) is 0 Å². The molecule has 0 amide bonds. The van der Waals surface area contributed by atoms with Gasteiger partial charge in [-0.15, -0.1) is 0 Å². The number of nitrogens with two attached hydrogens (primary N) is 1. The molecule has 0 unspecified atom stereocenters. The third-order valence-corrected chi connectivity index (χ3v) is 6.25. The summed E-state index contributed by atoms with van der Waals surface area (Å²) in [6, 6.07) is 13.8. The molecule has 1 atom stereocenters. The highest BCUT2D eigenvalue weighted by Crippen LogP contribution is 2.47. The maximum atomic E-state index is 13.2. The number of nitriles is 1. The lowest BCUT2D eigenvalue weighted by atomic mass is 9.75. The van der Waals surface area contributed by atoms with Gasteiger partial charge in [-0.3, -0.25) is 4.79 Å². The Labute approximate surface area is 188 Å². The second-order valence-electron chi connectivity index (χ2n) is 7.64. The van der Waals surface area contributed by atoms with E-state index in [2.05, 4.69) is 22.0 Å². The molecule has 31 heavy (non-hydrogen) atoms. The van der Waals surface area contributed by atoms with Gasteiger partial charge in [-0.1, -0.05) is 28.1 Å².